The summed E-state index contributed by atoms with van der Waals surface area (Å²) in [6.45, 7) is 5.18. The van der Waals surface area contributed by atoms with E-state index in [2.05, 4.69) is 25.7 Å². The van der Waals surface area contributed by atoms with Crippen LogP contribution < -0.4 is 15.8 Å². The average Bonchev–Trinajstić information content (AvgIpc) is 3.29. The molecule has 3 atom stereocenters. The average molecular weight is 486 g/mol. The molecule has 2 fully saturated rings. The van der Waals surface area contributed by atoms with E-state index in [9.17, 15) is 14.8 Å². The smallest absolute Gasteiger partial charge is 0.243 e. The van der Waals surface area contributed by atoms with E-state index in [1.807, 2.05) is 25.8 Å². The van der Waals surface area contributed by atoms with Crippen LogP contribution in [0.5, 0.6) is 0 Å². The molecule has 1 aromatic rings. The van der Waals surface area contributed by atoms with Crippen molar-refractivity contribution in [1.82, 2.24) is 25.4 Å². The van der Waals surface area contributed by atoms with Crippen molar-refractivity contribution in [1.29, 1.82) is 0 Å². The van der Waals surface area contributed by atoms with Crippen molar-refractivity contribution in [3.8, 4) is 0 Å². The third-order valence-corrected chi connectivity index (χ3v) is 6.84. The van der Waals surface area contributed by atoms with Crippen LogP contribution in [0.3, 0.4) is 0 Å². The zero-order valence-corrected chi connectivity index (χ0v) is 20.1. The normalized spacial score (nSPS) is 22.8. The van der Waals surface area contributed by atoms with Crippen LogP contribution in [-0.2, 0) is 9.59 Å². The topological polar surface area (TPSA) is 114 Å². The fraction of sp³-hybridized carbons (Fsp3) is 0.714. The monoisotopic (exact) mass is 485 g/mol. The van der Waals surface area contributed by atoms with E-state index in [0.717, 1.165) is 32.2 Å². The Labute approximate surface area is 198 Å². The van der Waals surface area contributed by atoms with Gasteiger partial charge in [-0.2, -0.15) is 14.4 Å². The lowest BCUT2D eigenvalue weighted by Crippen LogP contribution is -2.55. The zero-order chi connectivity index (χ0) is 24.1. The fourth-order valence-electron chi connectivity index (χ4n) is 4.68. The molecule has 3 rings (SSSR count). The van der Waals surface area contributed by atoms with Crippen molar-refractivity contribution in [3.63, 3.8) is 0 Å². The number of hydrogen-bond acceptors (Lipinski definition) is 8. The minimum atomic E-state index is -0.715. The van der Waals surface area contributed by atoms with Crippen LogP contribution in [-0.4, -0.2) is 76.2 Å². The number of carbonyl (C=O) groups excluding carboxylic acids is 2. The van der Waals surface area contributed by atoms with Crippen molar-refractivity contribution >= 4 is 35.6 Å². The van der Waals surface area contributed by atoms with Gasteiger partial charge in [-0.05, 0) is 44.8 Å². The standard InChI is InChI=1S/C21H33ClFN7O3/c1-13-10-30(14(2)9-28(13)3)19-17(23)18(24-21(22)25-19)26-27-20(32)16(11-29(33)12-31)8-15-6-4-5-7-15/h12-16,33H,4-11H2,1-3H3,(H,27,32)(H,24,25,26)/t13-,14+,16+/m0/s1. The maximum absolute atomic E-state index is 15.3. The quantitative estimate of drug-likeness (QED) is 0.211. The Hall–Kier alpha value is -2.24. The Kier molecular flexibility index (Phi) is 8.66. The number of carbonyl (C=O) groups is 2. The summed E-state index contributed by atoms with van der Waals surface area (Å²) in [7, 11) is 2.02. The highest BCUT2D eigenvalue weighted by atomic mass is 35.5. The van der Waals surface area contributed by atoms with Crippen LogP contribution in [0.1, 0.15) is 46.0 Å². The number of hydrogen-bond donors (Lipinski definition) is 3. The van der Waals surface area contributed by atoms with E-state index in [1.54, 1.807) is 0 Å². The molecule has 0 radical (unpaired) electrons. The molecule has 33 heavy (non-hydrogen) atoms. The fourth-order valence-corrected chi connectivity index (χ4v) is 4.85. The van der Waals surface area contributed by atoms with Crippen LogP contribution in [0.2, 0.25) is 5.28 Å². The summed E-state index contributed by atoms with van der Waals surface area (Å²) < 4.78 is 15.3. The van der Waals surface area contributed by atoms with Crippen molar-refractivity contribution < 1.29 is 19.2 Å². The van der Waals surface area contributed by atoms with Crippen molar-refractivity contribution in [2.45, 2.75) is 58.0 Å². The molecule has 1 aliphatic heterocycles. The number of halogens is 2. The summed E-state index contributed by atoms with van der Waals surface area (Å²) in [6.07, 6.45) is 4.99. The van der Waals surface area contributed by atoms with E-state index in [0.29, 0.717) is 23.9 Å². The minimum Gasteiger partial charge on any atom is -0.348 e. The zero-order valence-electron chi connectivity index (χ0n) is 19.3. The number of likely N-dealkylation sites (N-methyl/N-ethyl adjacent to an activating group) is 1. The molecule has 184 valence electrons. The van der Waals surface area contributed by atoms with Gasteiger partial charge in [0.15, 0.2) is 11.6 Å². The molecule has 3 N–H and O–H groups in total. The first-order valence-corrected chi connectivity index (χ1v) is 11.7. The number of hydrazine groups is 1. The first-order valence-electron chi connectivity index (χ1n) is 11.4. The van der Waals surface area contributed by atoms with Gasteiger partial charge in [-0.15, -0.1) is 0 Å². The van der Waals surface area contributed by atoms with Gasteiger partial charge in [-0.25, -0.2) is 5.06 Å². The molecule has 1 aliphatic carbocycles. The summed E-state index contributed by atoms with van der Waals surface area (Å²) >= 11 is 6.08. The largest absolute Gasteiger partial charge is 0.348 e. The van der Waals surface area contributed by atoms with E-state index < -0.39 is 17.6 Å². The molecule has 2 amide bonds. The lowest BCUT2D eigenvalue weighted by molar-refractivity contribution is -0.154. The number of nitrogens with one attached hydrogen (secondary N) is 2. The molecular formula is C21H33ClFN7O3. The third kappa shape index (κ3) is 6.42. The molecule has 2 heterocycles. The minimum absolute atomic E-state index is 0.00350. The second-order valence-electron chi connectivity index (χ2n) is 9.19. The molecule has 0 unspecified atom stereocenters. The molecule has 1 saturated heterocycles. The molecule has 0 bridgehead atoms. The van der Waals surface area contributed by atoms with Crippen molar-refractivity contribution in [3.05, 3.63) is 11.1 Å². The van der Waals surface area contributed by atoms with Gasteiger partial charge in [0.05, 0.1) is 12.5 Å². The third-order valence-electron chi connectivity index (χ3n) is 6.67. The SMILES string of the molecule is C[C@@H]1CN(C)[C@@H](C)CN1c1nc(Cl)nc(NNC(=O)[C@H](CC2CCCC2)CN(O)C=O)c1F. The highest BCUT2D eigenvalue weighted by molar-refractivity contribution is 6.28. The predicted octanol–water partition coefficient (Wildman–Crippen LogP) is 2.29. The molecule has 10 nitrogen and oxygen atoms in total. The molecule has 1 saturated carbocycles. The number of aromatic nitrogens is 2. The highest BCUT2D eigenvalue weighted by Crippen LogP contribution is 2.31. The van der Waals surface area contributed by atoms with Crippen molar-refractivity contribution in [2.24, 2.45) is 11.8 Å². The molecule has 1 aromatic heterocycles. The second kappa shape index (κ2) is 11.3. The molecular weight excluding hydrogens is 453 g/mol. The van der Waals surface area contributed by atoms with E-state index >= 15 is 4.39 Å². The van der Waals surface area contributed by atoms with Gasteiger partial charge >= 0.3 is 0 Å². The summed E-state index contributed by atoms with van der Waals surface area (Å²) in [4.78, 5) is 35.7. The van der Waals surface area contributed by atoms with Crippen LogP contribution in [0.4, 0.5) is 16.0 Å². The number of nitrogens with zero attached hydrogens (tertiary/aromatic N) is 5. The Morgan fingerprint density at radius 1 is 1.30 bits per heavy atom. The van der Waals surface area contributed by atoms with Gasteiger partial charge in [0, 0.05) is 25.2 Å². The lowest BCUT2D eigenvalue weighted by atomic mass is 9.92. The summed E-state index contributed by atoms with van der Waals surface area (Å²) in [5.41, 5.74) is 5.00. The number of amides is 2. The highest BCUT2D eigenvalue weighted by Gasteiger charge is 2.31. The van der Waals surface area contributed by atoms with Gasteiger partial charge in [-0.1, -0.05) is 25.7 Å². The van der Waals surface area contributed by atoms with E-state index in [1.165, 1.54) is 0 Å². The summed E-state index contributed by atoms with van der Waals surface area (Å²) in [6, 6.07) is 0.199. The van der Waals surface area contributed by atoms with Crippen molar-refractivity contribution in [2.75, 3.05) is 37.0 Å². The van der Waals surface area contributed by atoms with E-state index in [-0.39, 0.29) is 42.0 Å². The number of piperazine rings is 1. The molecule has 0 spiro atoms. The van der Waals surface area contributed by atoms with Crippen LogP contribution in [0.25, 0.3) is 0 Å². The summed E-state index contributed by atoms with van der Waals surface area (Å²) in [5.74, 6) is -1.67. The second-order valence-corrected chi connectivity index (χ2v) is 9.53. The maximum Gasteiger partial charge on any atom is 0.243 e. The maximum atomic E-state index is 15.3. The Bertz CT molecular complexity index is 842. The first-order chi connectivity index (χ1) is 15.7. The predicted molar refractivity (Wildman–Crippen MR) is 122 cm³/mol. The van der Waals surface area contributed by atoms with Crippen LogP contribution in [0, 0.1) is 17.7 Å². The van der Waals surface area contributed by atoms with E-state index in [4.69, 9.17) is 11.6 Å². The van der Waals surface area contributed by atoms with Crippen LogP contribution >= 0.6 is 11.6 Å². The number of anilines is 2. The molecule has 12 heteroatoms. The first kappa shape index (κ1) is 25.4. The van der Waals surface area contributed by atoms with Gasteiger partial charge in [-0.3, -0.25) is 30.5 Å². The molecule has 0 aromatic carbocycles. The van der Waals surface area contributed by atoms with Crippen LogP contribution in [0.15, 0.2) is 0 Å². The number of rotatable bonds is 9. The lowest BCUT2D eigenvalue weighted by Gasteiger charge is -2.43. The Morgan fingerprint density at radius 3 is 2.67 bits per heavy atom. The van der Waals surface area contributed by atoms with Gasteiger partial charge in [0.1, 0.15) is 0 Å². The van der Waals surface area contributed by atoms with Gasteiger partial charge in [0.25, 0.3) is 0 Å². The summed E-state index contributed by atoms with van der Waals surface area (Å²) in [5, 5.41) is 9.93. The molecule has 2 aliphatic rings. The van der Waals surface area contributed by atoms with Gasteiger partial charge < -0.3 is 4.90 Å². The Balaban J connectivity index is 1.72. The number of hydroxylamine groups is 2. The van der Waals surface area contributed by atoms with Gasteiger partial charge in [0.2, 0.25) is 23.4 Å². The Morgan fingerprint density at radius 2 is 2.00 bits per heavy atom.